The third kappa shape index (κ3) is 8.67. The molecule has 6 heteroatoms. The quantitative estimate of drug-likeness (QED) is 0.355. The third-order valence-electron chi connectivity index (χ3n) is 6.14. The minimum absolute atomic E-state index is 0.168. The normalized spacial score (nSPS) is 11.6. The van der Waals surface area contributed by atoms with E-state index < -0.39 is 6.04 Å². The number of benzene rings is 3. The van der Waals surface area contributed by atoms with Gasteiger partial charge in [-0.1, -0.05) is 75.4 Å². The van der Waals surface area contributed by atoms with E-state index in [2.05, 4.69) is 12.2 Å². The maximum absolute atomic E-state index is 13.7. The highest BCUT2D eigenvalue weighted by molar-refractivity contribution is 5.88. The Kier molecular flexibility index (Phi) is 10.6. The molecule has 37 heavy (non-hydrogen) atoms. The van der Waals surface area contributed by atoms with Crippen LogP contribution < -0.4 is 14.8 Å². The standard InChI is InChI=1S/C31H38N2O4/c1-5-24-14-16-27(17-15-24)37-22-30(34)33(21-26-12-9-13-28(18-26)36-4)29(31(35)32-20-23(2)3)19-25-10-7-6-8-11-25/h6-18,23,29H,5,19-22H2,1-4H3,(H,32,35)/t29-/m0/s1. The van der Waals surface area contributed by atoms with Gasteiger partial charge in [0.1, 0.15) is 17.5 Å². The molecule has 0 heterocycles. The van der Waals surface area contributed by atoms with Crippen LogP contribution in [0.15, 0.2) is 78.9 Å². The summed E-state index contributed by atoms with van der Waals surface area (Å²) in [4.78, 5) is 28.8. The number of nitrogens with one attached hydrogen (secondary N) is 1. The van der Waals surface area contributed by atoms with Gasteiger partial charge in [0.25, 0.3) is 5.91 Å². The van der Waals surface area contributed by atoms with Crippen LogP contribution in [-0.2, 0) is 29.0 Å². The summed E-state index contributed by atoms with van der Waals surface area (Å²) in [6.45, 7) is 6.80. The van der Waals surface area contributed by atoms with Crippen molar-refractivity contribution in [3.05, 3.63) is 95.6 Å². The summed E-state index contributed by atoms with van der Waals surface area (Å²) in [5, 5.41) is 3.03. The molecule has 0 aliphatic carbocycles. The van der Waals surface area contributed by atoms with E-state index in [4.69, 9.17) is 9.47 Å². The van der Waals surface area contributed by atoms with E-state index in [0.29, 0.717) is 30.4 Å². The van der Waals surface area contributed by atoms with Crippen molar-refractivity contribution in [3.63, 3.8) is 0 Å². The molecule has 0 aliphatic heterocycles. The number of ether oxygens (including phenoxy) is 2. The van der Waals surface area contributed by atoms with Crippen molar-refractivity contribution in [1.29, 1.82) is 0 Å². The number of aryl methyl sites for hydroxylation is 1. The van der Waals surface area contributed by atoms with Gasteiger partial charge in [0.05, 0.1) is 7.11 Å². The molecule has 1 N–H and O–H groups in total. The van der Waals surface area contributed by atoms with Gasteiger partial charge in [0, 0.05) is 19.5 Å². The van der Waals surface area contributed by atoms with E-state index in [-0.39, 0.29) is 25.0 Å². The third-order valence-corrected chi connectivity index (χ3v) is 6.14. The summed E-state index contributed by atoms with van der Waals surface area (Å²) in [5.41, 5.74) is 3.05. The Balaban J connectivity index is 1.89. The Labute approximate surface area is 220 Å². The van der Waals surface area contributed by atoms with Gasteiger partial charge in [-0.3, -0.25) is 9.59 Å². The van der Waals surface area contributed by atoms with Crippen LogP contribution in [0.25, 0.3) is 0 Å². The molecule has 0 spiro atoms. The van der Waals surface area contributed by atoms with Gasteiger partial charge in [0.2, 0.25) is 5.91 Å². The molecule has 0 saturated heterocycles. The minimum atomic E-state index is -0.703. The summed E-state index contributed by atoms with van der Waals surface area (Å²) < 4.78 is 11.2. The molecule has 0 aliphatic rings. The highest BCUT2D eigenvalue weighted by Gasteiger charge is 2.30. The number of carbonyl (C=O) groups is 2. The molecule has 0 bridgehead atoms. The van der Waals surface area contributed by atoms with Crippen molar-refractivity contribution < 1.29 is 19.1 Å². The summed E-state index contributed by atoms with van der Waals surface area (Å²) in [6, 6.07) is 24.3. The van der Waals surface area contributed by atoms with Crippen molar-refractivity contribution in [2.75, 3.05) is 20.3 Å². The predicted octanol–water partition coefficient (Wildman–Crippen LogP) is 5.05. The van der Waals surface area contributed by atoms with Gasteiger partial charge in [-0.25, -0.2) is 0 Å². The monoisotopic (exact) mass is 502 g/mol. The SMILES string of the molecule is CCc1ccc(OCC(=O)N(Cc2cccc(OC)c2)[C@@H](Cc2ccccc2)C(=O)NCC(C)C)cc1. The largest absolute Gasteiger partial charge is 0.497 e. The van der Waals surface area contributed by atoms with Crippen LogP contribution in [0.1, 0.15) is 37.5 Å². The molecule has 6 nitrogen and oxygen atoms in total. The van der Waals surface area contributed by atoms with Crippen molar-refractivity contribution in [2.24, 2.45) is 5.92 Å². The van der Waals surface area contributed by atoms with E-state index in [9.17, 15) is 9.59 Å². The summed E-state index contributed by atoms with van der Waals surface area (Å²) in [6.07, 6.45) is 1.33. The summed E-state index contributed by atoms with van der Waals surface area (Å²) in [7, 11) is 1.61. The summed E-state index contributed by atoms with van der Waals surface area (Å²) >= 11 is 0. The number of methoxy groups -OCH3 is 1. The van der Waals surface area contributed by atoms with E-state index in [0.717, 1.165) is 17.5 Å². The number of nitrogens with zero attached hydrogens (tertiary/aromatic N) is 1. The number of amides is 2. The second-order valence-corrected chi connectivity index (χ2v) is 9.50. The average Bonchev–Trinajstić information content (AvgIpc) is 2.93. The number of carbonyl (C=O) groups excluding carboxylic acids is 2. The van der Waals surface area contributed by atoms with Crippen LogP contribution in [-0.4, -0.2) is 43.0 Å². The fourth-order valence-corrected chi connectivity index (χ4v) is 3.99. The highest BCUT2D eigenvalue weighted by atomic mass is 16.5. The zero-order valence-electron chi connectivity index (χ0n) is 22.3. The predicted molar refractivity (Wildman–Crippen MR) is 147 cm³/mol. The Hall–Kier alpha value is -3.80. The number of hydrogen-bond donors (Lipinski definition) is 1. The minimum Gasteiger partial charge on any atom is -0.497 e. The van der Waals surface area contributed by atoms with Crippen LogP contribution in [0.2, 0.25) is 0 Å². The highest BCUT2D eigenvalue weighted by Crippen LogP contribution is 2.19. The van der Waals surface area contributed by atoms with Crippen LogP contribution in [0.5, 0.6) is 11.5 Å². The van der Waals surface area contributed by atoms with Crippen molar-refractivity contribution in [2.45, 2.75) is 46.2 Å². The van der Waals surface area contributed by atoms with Gasteiger partial charge in [-0.15, -0.1) is 0 Å². The molecular formula is C31H38N2O4. The van der Waals surface area contributed by atoms with E-state index >= 15 is 0 Å². The first-order valence-electron chi connectivity index (χ1n) is 12.8. The Morgan fingerprint density at radius 2 is 1.57 bits per heavy atom. The molecule has 0 unspecified atom stereocenters. The fourth-order valence-electron chi connectivity index (χ4n) is 3.99. The molecule has 3 rings (SSSR count). The molecule has 3 aromatic rings. The zero-order chi connectivity index (χ0) is 26.6. The second-order valence-electron chi connectivity index (χ2n) is 9.50. The van der Waals surface area contributed by atoms with Gasteiger partial charge in [-0.05, 0) is 53.3 Å². The molecule has 3 aromatic carbocycles. The van der Waals surface area contributed by atoms with Gasteiger partial charge < -0.3 is 19.7 Å². The van der Waals surface area contributed by atoms with E-state index in [1.54, 1.807) is 12.0 Å². The first kappa shape index (κ1) is 27.8. The first-order chi connectivity index (χ1) is 17.9. The van der Waals surface area contributed by atoms with Gasteiger partial charge in [0.15, 0.2) is 6.61 Å². The lowest BCUT2D eigenvalue weighted by Crippen LogP contribution is -2.52. The molecule has 0 fully saturated rings. The lowest BCUT2D eigenvalue weighted by molar-refractivity contribution is -0.142. The van der Waals surface area contributed by atoms with Gasteiger partial charge in [-0.2, -0.15) is 0 Å². The molecule has 1 atom stereocenters. The number of hydrogen-bond acceptors (Lipinski definition) is 4. The summed E-state index contributed by atoms with van der Waals surface area (Å²) in [5.74, 6) is 1.17. The lowest BCUT2D eigenvalue weighted by atomic mass is 10.0. The maximum Gasteiger partial charge on any atom is 0.261 e. The number of rotatable bonds is 13. The second kappa shape index (κ2) is 14.1. The Morgan fingerprint density at radius 1 is 0.865 bits per heavy atom. The molecule has 0 saturated carbocycles. The van der Waals surface area contributed by atoms with Crippen molar-refractivity contribution >= 4 is 11.8 Å². The van der Waals surface area contributed by atoms with Gasteiger partial charge >= 0.3 is 0 Å². The van der Waals surface area contributed by atoms with Crippen LogP contribution in [0.3, 0.4) is 0 Å². The Morgan fingerprint density at radius 3 is 2.22 bits per heavy atom. The topological polar surface area (TPSA) is 67.9 Å². The zero-order valence-corrected chi connectivity index (χ0v) is 22.3. The fraction of sp³-hybridized carbons (Fsp3) is 0.355. The van der Waals surface area contributed by atoms with Crippen LogP contribution in [0, 0.1) is 5.92 Å². The molecule has 2 amide bonds. The molecule has 0 radical (unpaired) electrons. The van der Waals surface area contributed by atoms with Crippen LogP contribution >= 0.6 is 0 Å². The van der Waals surface area contributed by atoms with Crippen molar-refractivity contribution in [1.82, 2.24) is 10.2 Å². The first-order valence-corrected chi connectivity index (χ1v) is 12.8. The molecule has 0 aromatic heterocycles. The Bertz CT molecular complexity index is 1130. The average molecular weight is 503 g/mol. The van der Waals surface area contributed by atoms with E-state index in [1.807, 2.05) is 92.7 Å². The maximum atomic E-state index is 13.7. The smallest absolute Gasteiger partial charge is 0.261 e. The van der Waals surface area contributed by atoms with E-state index in [1.165, 1.54) is 5.56 Å². The van der Waals surface area contributed by atoms with Crippen LogP contribution in [0.4, 0.5) is 0 Å². The van der Waals surface area contributed by atoms with Crippen molar-refractivity contribution in [3.8, 4) is 11.5 Å². The molecular weight excluding hydrogens is 464 g/mol. The lowest BCUT2D eigenvalue weighted by Gasteiger charge is -2.31. The molecule has 196 valence electrons.